The van der Waals surface area contributed by atoms with Gasteiger partial charge in [0.2, 0.25) is 21.8 Å². The van der Waals surface area contributed by atoms with E-state index in [0.29, 0.717) is 10.8 Å². The average Bonchev–Trinajstić information content (AvgIpc) is 2.86. The van der Waals surface area contributed by atoms with E-state index in [4.69, 9.17) is 16.3 Å². The summed E-state index contributed by atoms with van der Waals surface area (Å²) in [6.45, 7) is 1.31. The predicted molar refractivity (Wildman–Crippen MR) is 142 cm³/mol. The van der Waals surface area contributed by atoms with Gasteiger partial charge in [-0.15, -0.1) is 0 Å². The first-order valence-electron chi connectivity index (χ1n) is 12.0. The van der Waals surface area contributed by atoms with Crippen LogP contribution in [0.4, 0.5) is 5.69 Å². The van der Waals surface area contributed by atoms with Crippen molar-refractivity contribution in [3.8, 4) is 5.75 Å². The molecule has 0 saturated heterocycles. The molecule has 0 radical (unpaired) electrons. The number of carbonyl (C=O) groups is 2. The number of benzene rings is 2. The molecular formula is C26H34ClN3O5S. The number of rotatable bonds is 10. The first-order valence-corrected chi connectivity index (χ1v) is 14.3. The highest BCUT2D eigenvalue weighted by atomic mass is 35.5. The molecular weight excluding hydrogens is 502 g/mol. The second kappa shape index (κ2) is 12.5. The lowest BCUT2D eigenvalue weighted by atomic mass is 9.95. The Morgan fingerprint density at radius 1 is 1.08 bits per heavy atom. The molecule has 1 aliphatic rings. The van der Waals surface area contributed by atoms with E-state index in [1.54, 1.807) is 55.5 Å². The van der Waals surface area contributed by atoms with Gasteiger partial charge in [0.15, 0.2) is 0 Å². The monoisotopic (exact) mass is 535 g/mol. The molecule has 0 aromatic heterocycles. The zero-order chi connectivity index (χ0) is 26.3. The van der Waals surface area contributed by atoms with Gasteiger partial charge in [0.25, 0.3) is 0 Å². The molecule has 0 unspecified atom stereocenters. The molecule has 36 heavy (non-hydrogen) atoms. The third kappa shape index (κ3) is 7.36. The summed E-state index contributed by atoms with van der Waals surface area (Å²) in [6, 6.07) is 12.9. The normalized spacial score (nSPS) is 15.1. The van der Waals surface area contributed by atoms with Crippen LogP contribution in [0.3, 0.4) is 0 Å². The first kappa shape index (κ1) is 27.8. The van der Waals surface area contributed by atoms with Crippen LogP contribution in [0.2, 0.25) is 5.02 Å². The Morgan fingerprint density at radius 2 is 1.72 bits per heavy atom. The van der Waals surface area contributed by atoms with E-state index in [9.17, 15) is 18.0 Å². The number of anilines is 1. The maximum atomic E-state index is 13.7. The van der Waals surface area contributed by atoms with E-state index in [1.807, 2.05) is 0 Å². The third-order valence-electron chi connectivity index (χ3n) is 6.42. The van der Waals surface area contributed by atoms with E-state index in [1.165, 1.54) is 12.0 Å². The molecule has 0 aliphatic heterocycles. The Balaban J connectivity index is 1.89. The van der Waals surface area contributed by atoms with Crippen molar-refractivity contribution in [2.45, 2.75) is 57.7 Å². The molecule has 2 aromatic rings. The van der Waals surface area contributed by atoms with Crippen LogP contribution < -0.4 is 14.4 Å². The van der Waals surface area contributed by atoms with Crippen molar-refractivity contribution >= 4 is 39.1 Å². The van der Waals surface area contributed by atoms with E-state index < -0.39 is 28.5 Å². The number of halogens is 1. The third-order valence-corrected chi connectivity index (χ3v) is 7.80. The van der Waals surface area contributed by atoms with Crippen molar-refractivity contribution in [2.24, 2.45) is 0 Å². The number of amides is 2. The SMILES string of the molecule is COc1ccccc1N(CC(=O)N(Cc1ccc(Cl)cc1)[C@H](C)C(=O)NC1CCCCC1)S(C)(=O)=O. The van der Waals surface area contributed by atoms with Gasteiger partial charge in [-0.25, -0.2) is 8.42 Å². The lowest BCUT2D eigenvalue weighted by molar-refractivity contribution is -0.139. The van der Waals surface area contributed by atoms with Crippen molar-refractivity contribution in [3.63, 3.8) is 0 Å². The van der Waals surface area contributed by atoms with Gasteiger partial charge >= 0.3 is 0 Å². The Kier molecular flexibility index (Phi) is 9.62. The van der Waals surface area contributed by atoms with Crippen LogP contribution >= 0.6 is 11.6 Å². The van der Waals surface area contributed by atoms with Gasteiger partial charge in [0.05, 0.1) is 19.1 Å². The fourth-order valence-corrected chi connectivity index (χ4v) is 5.35. The fraction of sp³-hybridized carbons (Fsp3) is 0.462. The average molecular weight is 536 g/mol. The quantitative estimate of drug-likeness (QED) is 0.496. The van der Waals surface area contributed by atoms with Crippen LogP contribution in [0.25, 0.3) is 0 Å². The number of hydrogen-bond acceptors (Lipinski definition) is 5. The minimum atomic E-state index is -3.84. The van der Waals surface area contributed by atoms with Crippen LogP contribution in [0.15, 0.2) is 48.5 Å². The topological polar surface area (TPSA) is 96.0 Å². The Labute approximate surface area is 218 Å². The van der Waals surface area contributed by atoms with E-state index >= 15 is 0 Å². The molecule has 8 nitrogen and oxygen atoms in total. The molecule has 1 saturated carbocycles. The molecule has 0 heterocycles. The Bertz CT molecular complexity index is 1150. The number of ether oxygens (including phenoxy) is 1. The fourth-order valence-electron chi connectivity index (χ4n) is 4.37. The van der Waals surface area contributed by atoms with Gasteiger partial charge < -0.3 is 15.0 Å². The number of nitrogens with zero attached hydrogens (tertiary/aromatic N) is 2. The summed E-state index contributed by atoms with van der Waals surface area (Å²) in [4.78, 5) is 28.2. The maximum Gasteiger partial charge on any atom is 0.244 e. The minimum Gasteiger partial charge on any atom is -0.495 e. The molecule has 196 valence electrons. The van der Waals surface area contributed by atoms with Crippen molar-refractivity contribution in [1.82, 2.24) is 10.2 Å². The Morgan fingerprint density at radius 3 is 2.33 bits per heavy atom. The lowest BCUT2D eigenvalue weighted by Gasteiger charge is -2.33. The van der Waals surface area contributed by atoms with Crippen molar-refractivity contribution in [1.29, 1.82) is 0 Å². The molecule has 0 bridgehead atoms. The maximum absolute atomic E-state index is 13.7. The van der Waals surface area contributed by atoms with Crippen LogP contribution in [0.5, 0.6) is 5.75 Å². The van der Waals surface area contributed by atoms with Crippen LogP contribution in [0, 0.1) is 0 Å². The second-order valence-electron chi connectivity index (χ2n) is 9.11. The lowest BCUT2D eigenvalue weighted by Crippen LogP contribution is -2.53. The largest absolute Gasteiger partial charge is 0.495 e. The van der Waals surface area contributed by atoms with Crippen molar-refractivity contribution in [2.75, 3.05) is 24.2 Å². The van der Waals surface area contributed by atoms with Crippen LogP contribution in [-0.4, -0.2) is 57.1 Å². The molecule has 1 aliphatic carbocycles. The highest BCUT2D eigenvalue weighted by Crippen LogP contribution is 2.29. The molecule has 10 heteroatoms. The number of methoxy groups -OCH3 is 1. The van der Waals surface area contributed by atoms with Crippen LogP contribution in [0.1, 0.15) is 44.6 Å². The standard InChI is InChI=1S/C26H34ClN3O5S/c1-19(26(32)28-22-9-5-4-6-10-22)29(17-20-13-15-21(27)16-14-20)25(31)18-30(36(3,33)34)23-11-7-8-12-24(23)35-2/h7-8,11-16,19,22H,4-6,9-10,17-18H2,1-3H3,(H,28,32)/t19-/m1/s1. The van der Waals surface area contributed by atoms with Gasteiger partial charge in [0.1, 0.15) is 18.3 Å². The summed E-state index contributed by atoms with van der Waals surface area (Å²) in [5.41, 5.74) is 1.02. The van der Waals surface area contributed by atoms with Gasteiger partial charge in [-0.1, -0.05) is 55.1 Å². The summed E-state index contributed by atoms with van der Waals surface area (Å²) in [5.74, 6) is -0.442. The Hall–Kier alpha value is -2.78. The van der Waals surface area contributed by atoms with E-state index in [0.717, 1.165) is 48.2 Å². The summed E-state index contributed by atoms with van der Waals surface area (Å²) < 4.78 is 31.8. The first-order chi connectivity index (χ1) is 17.1. The number of carbonyl (C=O) groups excluding carboxylic acids is 2. The molecule has 1 fully saturated rings. The minimum absolute atomic E-state index is 0.0854. The smallest absolute Gasteiger partial charge is 0.244 e. The zero-order valence-electron chi connectivity index (χ0n) is 20.9. The van der Waals surface area contributed by atoms with Crippen LogP contribution in [-0.2, 0) is 26.2 Å². The van der Waals surface area contributed by atoms with E-state index in [2.05, 4.69) is 5.32 Å². The van der Waals surface area contributed by atoms with Crippen molar-refractivity contribution < 1.29 is 22.7 Å². The van der Waals surface area contributed by atoms with Gasteiger partial charge in [-0.3, -0.25) is 13.9 Å². The predicted octanol–water partition coefficient (Wildman–Crippen LogP) is 3.98. The number of nitrogens with one attached hydrogen (secondary N) is 1. The highest BCUT2D eigenvalue weighted by molar-refractivity contribution is 7.92. The summed E-state index contributed by atoms with van der Waals surface area (Å²) in [7, 11) is -2.40. The van der Waals surface area contributed by atoms with E-state index in [-0.39, 0.29) is 24.2 Å². The van der Waals surface area contributed by atoms with Gasteiger partial charge in [-0.05, 0) is 49.6 Å². The molecule has 2 aromatic carbocycles. The van der Waals surface area contributed by atoms with Crippen molar-refractivity contribution in [3.05, 3.63) is 59.1 Å². The number of hydrogen-bond donors (Lipinski definition) is 1. The molecule has 1 atom stereocenters. The number of sulfonamides is 1. The highest BCUT2D eigenvalue weighted by Gasteiger charge is 2.32. The molecule has 2 amide bonds. The summed E-state index contributed by atoms with van der Waals surface area (Å²) in [5, 5.41) is 3.63. The molecule has 3 rings (SSSR count). The second-order valence-corrected chi connectivity index (χ2v) is 11.5. The summed E-state index contributed by atoms with van der Waals surface area (Å²) >= 11 is 6.02. The zero-order valence-corrected chi connectivity index (χ0v) is 22.5. The summed E-state index contributed by atoms with van der Waals surface area (Å²) in [6.07, 6.45) is 6.16. The van der Waals surface area contributed by atoms with Gasteiger partial charge in [-0.2, -0.15) is 0 Å². The van der Waals surface area contributed by atoms with Gasteiger partial charge in [0, 0.05) is 17.6 Å². The molecule has 0 spiro atoms. The molecule has 1 N–H and O–H groups in total. The number of para-hydroxylation sites is 2.